The lowest BCUT2D eigenvalue weighted by molar-refractivity contribution is 0.430. The normalized spacial score (nSPS) is 9.82. The third-order valence-corrected chi connectivity index (χ3v) is 4.17. The minimum Gasteiger partial charge on any atom is -0.376 e. The van der Waals surface area contributed by atoms with Gasteiger partial charge in [-0.15, -0.1) is 13.2 Å². The highest BCUT2D eigenvalue weighted by Gasteiger charge is 2.08. The van der Waals surface area contributed by atoms with Crippen molar-refractivity contribution in [2.24, 2.45) is 0 Å². The van der Waals surface area contributed by atoms with Crippen LogP contribution in [0.5, 0.6) is 0 Å². The summed E-state index contributed by atoms with van der Waals surface area (Å²) in [4.78, 5) is 2.33. The molecule has 0 bridgehead atoms. The molecule has 2 aromatic carbocycles. The first-order chi connectivity index (χ1) is 18.8. The first kappa shape index (κ1) is 46.0. The largest absolute Gasteiger partial charge is 0.376 e. The second-order valence-corrected chi connectivity index (χ2v) is 7.58. The van der Waals surface area contributed by atoms with E-state index in [1.54, 1.807) is 12.3 Å². The number of aryl methyl sites for hydroxylation is 1. The van der Waals surface area contributed by atoms with Crippen molar-refractivity contribution in [1.82, 2.24) is 10.2 Å². The van der Waals surface area contributed by atoms with Crippen LogP contribution in [0.15, 0.2) is 80.7 Å². The highest BCUT2D eigenvalue weighted by atomic mass is 19.1. The van der Waals surface area contributed by atoms with Gasteiger partial charge in [0.1, 0.15) is 5.82 Å². The third kappa shape index (κ3) is 28.0. The Bertz CT molecular complexity index is 742. The van der Waals surface area contributed by atoms with Gasteiger partial charge in [0.15, 0.2) is 0 Å². The molecule has 0 amide bonds. The Labute approximate surface area is 244 Å². The predicted octanol–water partition coefficient (Wildman–Crippen LogP) is 11.1. The van der Waals surface area contributed by atoms with Crippen molar-refractivity contribution in [2.75, 3.05) is 32.5 Å². The molecule has 2 N–H and O–H groups in total. The molecule has 0 atom stereocenters. The Kier molecular flexibility index (Phi) is 44.0. The maximum Gasteiger partial charge on any atom is 0.124 e. The zero-order chi connectivity index (χ0) is 31.6. The topological polar surface area (TPSA) is 27.3 Å². The minimum absolute atomic E-state index is 0.201. The lowest BCUT2D eigenvalue weighted by atomic mass is 10.0. The molecule has 1 heterocycles. The Morgan fingerprint density at radius 1 is 0.872 bits per heavy atom. The zero-order valence-corrected chi connectivity index (χ0v) is 27.8. The molecule has 1 saturated heterocycles. The number of halogens is 1. The van der Waals surface area contributed by atoms with Crippen LogP contribution < -0.4 is 10.6 Å². The van der Waals surface area contributed by atoms with Gasteiger partial charge in [-0.05, 0) is 87.9 Å². The van der Waals surface area contributed by atoms with Crippen LogP contribution in [-0.2, 0) is 0 Å². The molecule has 0 spiro atoms. The fourth-order valence-electron chi connectivity index (χ4n) is 2.88. The molecular weight excluding hydrogens is 481 g/mol. The standard InChI is InChI=1S/C15H14FN.C7H13N.C3H8.C2H7N.3C2H6.C2H4/c1-3-17-15-6-4-12(5-7-15)13-8-11(2)9-14(16)10-13;1-7(2)8-5-3-4-6-8;2*1-3-2;4*1-2/h3-10,17H,1H2,2H3;1,3-6H2,2H3;3H2,1-2H3;3H,1-2H3;3*1-2H3;1-2H2. The smallest absolute Gasteiger partial charge is 0.124 e. The number of benzene rings is 2. The van der Waals surface area contributed by atoms with Crippen LogP contribution in [0.1, 0.15) is 87.1 Å². The summed E-state index contributed by atoms with van der Waals surface area (Å²) in [6.45, 7) is 36.1. The summed E-state index contributed by atoms with van der Waals surface area (Å²) in [6.07, 6.45) is 5.58. The van der Waals surface area contributed by atoms with Crippen LogP contribution in [0.2, 0.25) is 0 Å². The molecule has 0 saturated carbocycles. The molecule has 2 aromatic rings. The van der Waals surface area contributed by atoms with Crippen LogP contribution >= 0.6 is 0 Å². The number of rotatable bonds is 4. The SMILES string of the molecule is C=C.C=C(C)N1CCCC1.C=CNc1ccc(-c2cc(C)cc(F)c2)cc1.CC.CC.CC.CCC.CNC. The summed E-state index contributed by atoms with van der Waals surface area (Å²) < 4.78 is 13.3. The molecule has 0 aromatic heterocycles. The van der Waals surface area contributed by atoms with Crippen LogP contribution in [0.3, 0.4) is 0 Å². The molecule has 226 valence electrons. The third-order valence-electron chi connectivity index (χ3n) is 4.17. The van der Waals surface area contributed by atoms with Gasteiger partial charge in [-0.2, -0.15) is 0 Å². The van der Waals surface area contributed by atoms with Crippen molar-refractivity contribution in [3.63, 3.8) is 0 Å². The number of hydrogen-bond acceptors (Lipinski definition) is 3. The van der Waals surface area contributed by atoms with Gasteiger partial charge in [-0.1, -0.05) is 93.2 Å². The van der Waals surface area contributed by atoms with E-state index in [0.29, 0.717) is 0 Å². The Morgan fingerprint density at radius 2 is 1.28 bits per heavy atom. The van der Waals surface area contributed by atoms with Crippen molar-refractivity contribution >= 4 is 5.69 Å². The molecule has 3 rings (SSSR count). The lowest BCUT2D eigenvalue weighted by Gasteiger charge is -2.15. The van der Waals surface area contributed by atoms with E-state index in [1.165, 1.54) is 44.1 Å². The quantitative estimate of drug-likeness (QED) is 0.374. The van der Waals surface area contributed by atoms with E-state index >= 15 is 0 Å². The van der Waals surface area contributed by atoms with Crippen molar-refractivity contribution in [1.29, 1.82) is 0 Å². The number of nitrogens with zero attached hydrogens (tertiary/aromatic N) is 1. The summed E-state index contributed by atoms with van der Waals surface area (Å²) in [6, 6.07) is 12.8. The monoisotopic (exact) mass is 546 g/mol. The molecule has 0 radical (unpaired) electrons. The van der Waals surface area contributed by atoms with Crippen molar-refractivity contribution < 1.29 is 4.39 Å². The molecule has 1 aliphatic rings. The van der Waals surface area contributed by atoms with Gasteiger partial charge in [0.2, 0.25) is 0 Å². The fraction of sp³-hybridized carbons (Fsp3) is 0.486. The number of nitrogens with one attached hydrogen (secondary N) is 2. The van der Waals surface area contributed by atoms with E-state index in [1.807, 2.05) is 92.9 Å². The van der Waals surface area contributed by atoms with Crippen molar-refractivity contribution in [3.8, 4) is 11.1 Å². The Morgan fingerprint density at radius 3 is 1.59 bits per heavy atom. The molecular formula is C35H64FN3. The molecule has 39 heavy (non-hydrogen) atoms. The molecule has 0 unspecified atom stereocenters. The van der Waals surface area contributed by atoms with Gasteiger partial charge in [0.05, 0.1) is 0 Å². The van der Waals surface area contributed by atoms with Crippen molar-refractivity contribution in [2.45, 2.75) is 88.5 Å². The lowest BCUT2D eigenvalue weighted by Crippen LogP contribution is -2.15. The summed E-state index contributed by atoms with van der Waals surface area (Å²) >= 11 is 0. The van der Waals surface area contributed by atoms with E-state index in [0.717, 1.165) is 22.4 Å². The minimum atomic E-state index is -0.201. The number of likely N-dealkylation sites (tertiary alicyclic amines) is 1. The Hall–Kier alpha value is -2.85. The van der Waals surface area contributed by atoms with Gasteiger partial charge in [0.25, 0.3) is 0 Å². The maximum atomic E-state index is 13.3. The van der Waals surface area contributed by atoms with Gasteiger partial charge < -0.3 is 15.5 Å². The Balaban J connectivity index is -0.000000147. The molecule has 1 fully saturated rings. The number of hydrogen-bond donors (Lipinski definition) is 2. The van der Waals surface area contributed by atoms with Gasteiger partial charge >= 0.3 is 0 Å². The summed E-state index contributed by atoms with van der Waals surface area (Å²) in [5.74, 6) is -0.201. The van der Waals surface area contributed by atoms with E-state index in [-0.39, 0.29) is 5.82 Å². The van der Waals surface area contributed by atoms with Crippen LogP contribution in [0.4, 0.5) is 10.1 Å². The molecule has 3 nitrogen and oxygen atoms in total. The van der Waals surface area contributed by atoms with Crippen LogP contribution in [0.25, 0.3) is 11.1 Å². The van der Waals surface area contributed by atoms with Crippen LogP contribution in [-0.4, -0.2) is 32.1 Å². The summed E-state index contributed by atoms with van der Waals surface area (Å²) in [7, 11) is 3.75. The van der Waals surface area contributed by atoms with E-state index in [4.69, 9.17) is 0 Å². The predicted molar refractivity (Wildman–Crippen MR) is 182 cm³/mol. The number of anilines is 1. The second-order valence-electron chi connectivity index (χ2n) is 7.58. The number of allylic oxidation sites excluding steroid dienone is 1. The first-order valence-electron chi connectivity index (χ1n) is 14.6. The van der Waals surface area contributed by atoms with Crippen LogP contribution in [0, 0.1) is 12.7 Å². The maximum absolute atomic E-state index is 13.3. The van der Waals surface area contributed by atoms with Gasteiger partial charge in [0, 0.05) is 24.5 Å². The summed E-state index contributed by atoms with van der Waals surface area (Å²) in [5.41, 5.74) is 5.02. The zero-order valence-electron chi connectivity index (χ0n) is 27.8. The highest BCUT2D eigenvalue weighted by molar-refractivity contribution is 5.67. The van der Waals surface area contributed by atoms with Gasteiger partial charge in [-0.3, -0.25) is 0 Å². The van der Waals surface area contributed by atoms with E-state index in [9.17, 15) is 4.39 Å². The summed E-state index contributed by atoms with van der Waals surface area (Å²) in [5, 5.41) is 5.75. The molecule has 0 aliphatic carbocycles. The average Bonchev–Trinajstić information content (AvgIpc) is 3.51. The first-order valence-corrected chi connectivity index (χ1v) is 14.6. The molecule has 1 aliphatic heterocycles. The average molecular weight is 546 g/mol. The van der Waals surface area contributed by atoms with Crippen molar-refractivity contribution in [3.05, 3.63) is 92.1 Å². The van der Waals surface area contributed by atoms with E-state index < -0.39 is 0 Å². The van der Waals surface area contributed by atoms with E-state index in [2.05, 4.69) is 62.6 Å². The molecule has 4 heteroatoms. The van der Waals surface area contributed by atoms with Gasteiger partial charge in [-0.25, -0.2) is 4.39 Å². The second kappa shape index (κ2) is 37.3. The highest BCUT2D eigenvalue weighted by Crippen LogP contribution is 2.23. The fourth-order valence-corrected chi connectivity index (χ4v) is 2.88.